The Morgan fingerprint density at radius 1 is 0.929 bits per heavy atom. The number of piperidine rings is 1. The summed E-state index contributed by atoms with van der Waals surface area (Å²) in [5, 5.41) is 7.03. The molecule has 1 aromatic heterocycles. The van der Waals surface area contributed by atoms with Crippen molar-refractivity contribution >= 4 is 29.1 Å². The lowest BCUT2D eigenvalue weighted by Gasteiger charge is -2.25. The minimum atomic E-state index is -0.274. The predicted octanol–water partition coefficient (Wildman–Crippen LogP) is 3.17. The van der Waals surface area contributed by atoms with Crippen LogP contribution in [0.4, 0.5) is 11.4 Å². The summed E-state index contributed by atoms with van der Waals surface area (Å²) in [4.78, 5) is 38.0. The number of benzene rings is 2. The smallest absolute Gasteiger partial charge is 0.257 e. The Bertz CT molecular complexity index is 1010. The molecule has 1 fully saturated rings. The van der Waals surface area contributed by atoms with Gasteiger partial charge in [0.1, 0.15) is 0 Å². The normalized spacial score (nSPS) is 14.2. The van der Waals surface area contributed by atoms with Gasteiger partial charge in [-0.1, -0.05) is 12.1 Å². The van der Waals surface area contributed by atoms with E-state index >= 15 is 0 Å². The second-order valence-electron chi connectivity index (χ2n) is 6.45. The molecule has 2 aromatic carbocycles. The molecule has 3 aromatic rings. The van der Waals surface area contributed by atoms with E-state index in [1.807, 2.05) is 12.1 Å². The van der Waals surface area contributed by atoms with Gasteiger partial charge in [0.05, 0.1) is 16.9 Å². The van der Waals surface area contributed by atoms with Crippen molar-refractivity contribution in [3.05, 3.63) is 72.6 Å². The van der Waals surface area contributed by atoms with Crippen LogP contribution in [-0.2, 0) is 9.59 Å². The number of para-hydroxylation sites is 1. The van der Waals surface area contributed by atoms with Gasteiger partial charge in [0.15, 0.2) is 0 Å². The molecule has 7 nitrogen and oxygen atoms in total. The maximum absolute atomic E-state index is 12.7. The van der Waals surface area contributed by atoms with Crippen molar-refractivity contribution in [2.75, 3.05) is 10.2 Å². The zero-order valence-corrected chi connectivity index (χ0v) is 15.0. The number of imide groups is 1. The van der Waals surface area contributed by atoms with E-state index in [0.29, 0.717) is 41.9 Å². The lowest BCUT2D eigenvalue weighted by atomic mass is 10.1. The summed E-state index contributed by atoms with van der Waals surface area (Å²) in [5.41, 5.74) is 2.24. The van der Waals surface area contributed by atoms with Crippen LogP contribution in [0.2, 0.25) is 0 Å². The van der Waals surface area contributed by atoms with E-state index in [1.54, 1.807) is 59.5 Å². The summed E-state index contributed by atoms with van der Waals surface area (Å²) < 4.78 is 1.63. The van der Waals surface area contributed by atoms with Crippen molar-refractivity contribution in [3.8, 4) is 5.69 Å². The van der Waals surface area contributed by atoms with Crippen LogP contribution in [0.15, 0.2) is 67.0 Å². The van der Waals surface area contributed by atoms with Crippen LogP contribution in [0.1, 0.15) is 29.6 Å². The van der Waals surface area contributed by atoms with Gasteiger partial charge in [-0.2, -0.15) is 5.10 Å². The molecular weight excluding hydrogens is 356 g/mol. The van der Waals surface area contributed by atoms with Crippen LogP contribution < -0.4 is 10.2 Å². The highest BCUT2D eigenvalue weighted by molar-refractivity contribution is 6.16. The predicted molar refractivity (Wildman–Crippen MR) is 104 cm³/mol. The minimum Gasteiger partial charge on any atom is -0.322 e. The number of carbonyl (C=O) groups excluding carboxylic acids is 3. The summed E-state index contributed by atoms with van der Waals surface area (Å²) in [6, 6.07) is 15.7. The highest BCUT2D eigenvalue weighted by Crippen LogP contribution is 2.24. The SMILES string of the molecule is O=C(Nc1ccc(N2C(=O)CCCC2=O)cc1)c1ccccc1-n1cccn1. The summed E-state index contributed by atoms with van der Waals surface area (Å²) in [5.74, 6) is -0.661. The lowest BCUT2D eigenvalue weighted by Crippen LogP contribution is -2.40. The van der Waals surface area contributed by atoms with E-state index < -0.39 is 0 Å². The number of hydrogen-bond donors (Lipinski definition) is 1. The van der Waals surface area contributed by atoms with Gasteiger partial charge in [-0.15, -0.1) is 0 Å². The summed E-state index contributed by atoms with van der Waals surface area (Å²) in [7, 11) is 0. The van der Waals surface area contributed by atoms with Gasteiger partial charge >= 0.3 is 0 Å². The molecule has 1 N–H and O–H groups in total. The average molecular weight is 374 g/mol. The summed E-state index contributed by atoms with van der Waals surface area (Å²) in [6.07, 6.45) is 4.75. The van der Waals surface area contributed by atoms with Gasteiger partial charge in [0.25, 0.3) is 5.91 Å². The van der Waals surface area contributed by atoms with Crippen LogP contribution in [0, 0.1) is 0 Å². The molecule has 0 unspecified atom stereocenters. The number of hydrogen-bond acceptors (Lipinski definition) is 4. The third-order valence-corrected chi connectivity index (χ3v) is 4.56. The fourth-order valence-corrected chi connectivity index (χ4v) is 3.21. The van der Waals surface area contributed by atoms with E-state index in [2.05, 4.69) is 10.4 Å². The summed E-state index contributed by atoms with van der Waals surface area (Å²) in [6.45, 7) is 0. The zero-order valence-electron chi connectivity index (χ0n) is 15.0. The molecule has 0 bridgehead atoms. The van der Waals surface area contributed by atoms with E-state index in [0.717, 1.165) is 0 Å². The maximum Gasteiger partial charge on any atom is 0.257 e. The second kappa shape index (κ2) is 7.48. The van der Waals surface area contributed by atoms with Crippen LogP contribution in [0.3, 0.4) is 0 Å². The van der Waals surface area contributed by atoms with Crippen molar-refractivity contribution in [1.29, 1.82) is 0 Å². The highest BCUT2D eigenvalue weighted by atomic mass is 16.2. The largest absolute Gasteiger partial charge is 0.322 e. The van der Waals surface area contributed by atoms with E-state index in [1.165, 1.54) is 4.90 Å². The van der Waals surface area contributed by atoms with Crippen LogP contribution >= 0.6 is 0 Å². The van der Waals surface area contributed by atoms with Gasteiger partial charge in [-0.05, 0) is 48.9 Å². The fourth-order valence-electron chi connectivity index (χ4n) is 3.21. The molecular formula is C21H18N4O3. The first-order valence-corrected chi connectivity index (χ1v) is 9.00. The van der Waals surface area contributed by atoms with Crippen LogP contribution in [-0.4, -0.2) is 27.5 Å². The number of anilines is 2. The highest BCUT2D eigenvalue weighted by Gasteiger charge is 2.27. The van der Waals surface area contributed by atoms with Gasteiger partial charge < -0.3 is 5.32 Å². The maximum atomic E-state index is 12.7. The van der Waals surface area contributed by atoms with Gasteiger partial charge in [-0.3, -0.25) is 19.3 Å². The first kappa shape index (κ1) is 17.7. The third-order valence-electron chi connectivity index (χ3n) is 4.56. The molecule has 0 saturated carbocycles. The van der Waals surface area contributed by atoms with Crippen molar-refractivity contribution in [2.45, 2.75) is 19.3 Å². The molecule has 4 rings (SSSR count). The zero-order chi connectivity index (χ0) is 19.5. The number of nitrogens with zero attached hydrogens (tertiary/aromatic N) is 3. The van der Waals surface area contributed by atoms with E-state index in [4.69, 9.17) is 0 Å². The standard InChI is InChI=1S/C21H18N4O3/c26-19-7-3-8-20(27)25(19)16-11-9-15(10-12-16)23-21(28)17-5-1-2-6-18(17)24-14-4-13-22-24/h1-2,4-6,9-14H,3,7-8H2,(H,23,28). The Kier molecular flexibility index (Phi) is 4.72. The number of amides is 3. The molecule has 1 aliphatic heterocycles. The average Bonchev–Trinajstić information content (AvgIpc) is 3.24. The van der Waals surface area contributed by atoms with Crippen LogP contribution in [0.5, 0.6) is 0 Å². The fraction of sp³-hybridized carbons (Fsp3) is 0.143. The Morgan fingerprint density at radius 3 is 2.32 bits per heavy atom. The molecule has 0 spiro atoms. The first-order valence-electron chi connectivity index (χ1n) is 9.00. The molecule has 140 valence electrons. The van der Waals surface area contributed by atoms with Crippen LogP contribution in [0.25, 0.3) is 5.69 Å². The Labute approximate surface area is 161 Å². The lowest BCUT2D eigenvalue weighted by molar-refractivity contribution is -0.129. The Hall–Kier alpha value is -3.74. The second-order valence-corrected chi connectivity index (χ2v) is 6.45. The first-order chi connectivity index (χ1) is 13.6. The van der Waals surface area contributed by atoms with E-state index in [9.17, 15) is 14.4 Å². The van der Waals surface area contributed by atoms with E-state index in [-0.39, 0.29) is 17.7 Å². The Morgan fingerprint density at radius 2 is 1.64 bits per heavy atom. The van der Waals surface area contributed by atoms with Gasteiger partial charge in [-0.25, -0.2) is 4.68 Å². The number of rotatable bonds is 4. The van der Waals surface area contributed by atoms with Crippen molar-refractivity contribution in [2.24, 2.45) is 0 Å². The molecule has 28 heavy (non-hydrogen) atoms. The Balaban J connectivity index is 1.53. The molecule has 0 atom stereocenters. The molecule has 2 heterocycles. The number of carbonyl (C=O) groups is 3. The van der Waals surface area contributed by atoms with Gasteiger partial charge in [0.2, 0.25) is 11.8 Å². The molecule has 0 radical (unpaired) electrons. The molecule has 1 aliphatic rings. The monoisotopic (exact) mass is 374 g/mol. The molecule has 7 heteroatoms. The minimum absolute atomic E-state index is 0.193. The van der Waals surface area contributed by atoms with Crippen molar-refractivity contribution in [3.63, 3.8) is 0 Å². The number of aromatic nitrogens is 2. The van der Waals surface area contributed by atoms with Gasteiger partial charge in [0, 0.05) is 30.9 Å². The summed E-state index contributed by atoms with van der Waals surface area (Å²) >= 11 is 0. The van der Waals surface area contributed by atoms with Crippen molar-refractivity contribution < 1.29 is 14.4 Å². The molecule has 1 saturated heterocycles. The quantitative estimate of drug-likeness (QED) is 0.711. The van der Waals surface area contributed by atoms with Crippen molar-refractivity contribution in [1.82, 2.24) is 9.78 Å². The number of nitrogens with one attached hydrogen (secondary N) is 1. The molecule has 3 amide bonds. The topological polar surface area (TPSA) is 84.3 Å². The molecule has 0 aliphatic carbocycles. The third kappa shape index (κ3) is 3.42.